The summed E-state index contributed by atoms with van der Waals surface area (Å²) in [4.78, 5) is 12.3. The number of aryl methyl sites for hydroxylation is 1. The van der Waals surface area contributed by atoms with Crippen LogP contribution in [-0.2, 0) is 16.0 Å². The van der Waals surface area contributed by atoms with Crippen LogP contribution in [0.5, 0.6) is 0 Å². The van der Waals surface area contributed by atoms with Gasteiger partial charge in [0.2, 0.25) is 5.91 Å². The number of fused-ring (bicyclic) bond motifs is 1. The Labute approximate surface area is 126 Å². The van der Waals surface area contributed by atoms with Crippen molar-refractivity contribution in [3.8, 4) is 0 Å². The Morgan fingerprint density at radius 1 is 1.43 bits per heavy atom. The topological polar surface area (TPSA) is 50.4 Å². The smallest absolute Gasteiger partial charge is 0.239 e. The maximum absolute atomic E-state index is 12.3. The third kappa shape index (κ3) is 3.27. The fourth-order valence-corrected chi connectivity index (χ4v) is 3.43. The van der Waals surface area contributed by atoms with E-state index in [-0.39, 0.29) is 18.1 Å². The molecule has 0 spiro atoms. The van der Waals surface area contributed by atoms with Crippen molar-refractivity contribution in [2.45, 2.75) is 44.2 Å². The quantitative estimate of drug-likeness (QED) is 0.888. The minimum Gasteiger partial charge on any atom is -0.375 e. The summed E-state index contributed by atoms with van der Waals surface area (Å²) in [6, 6.07) is 8.39. The minimum absolute atomic E-state index is 0.0580. The van der Waals surface area contributed by atoms with Crippen LogP contribution < -0.4 is 10.6 Å². The summed E-state index contributed by atoms with van der Waals surface area (Å²) >= 11 is 0. The molecule has 1 amide bonds. The molecule has 0 radical (unpaired) electrons. The Hall–Kier alpha value is -1.39. The molecule has 0 saturated carbocycles. The highest BCUT2D eigenvalue weighted by atomic mass is 16.5. The van der Waals surface area contributed by atoms with Crippen LogP contribution in [0.2, 0.25) is 0 Å². The van der Waals surface area contributed by atoms with E-state index in [0.29, 0.717) is 12.5 Å². The molecule has 1 aliphatic heterocycles. The van der Waals surface area contributed by atoms with Gasteiger partial charge in [0.1, 0.15) is 6.04 Å². The highest BCUT2D eigenvalue weighted by Crippen LogP contribution is 2.30. The van der Waals surface area contributed by atoms with Crippen molar-refractivity contribution in [3.63, 3.8) is 0 Å². The molecular formula is C17H24N2O2. The molecule has 1 aromatic carbocycles. The van der Waals surface area contributed by atoms with Crippen LogP contribution in [0.15, 0.2) is 24.3 Å². The van der Waals surface area contributed by atoms with Crippen molar-refractivity contribution >= 4 is 5.91 Å². The molecule has 3 atom stereocenters. The van der Waals surface area contributed by atoms with Crippen LogP contribution in [-0.4, -0.2) is 37.7 Å². The average molecular weight is 288 g/mol. The second-order valence-electron chi connectivity index (χ2n) is 6.04. The molecule has 2 aliphatic rings. The van der Waals surface area contributed by atoms with Gasteiger partial charge in [0.15, 0.2) is 0 Å². The summed E-state index contributed by atoms with van der Waals surface area (Å²) in [5.74, 6) is 0.504. The lowest BCUT2D eigenvalue weighted by Crippen LogP contribution is -2.55. The molecule has 4 nitrogen and oxygen atoms in total. The third-order valence-electron chi connectivity index (χ3n) is 4.62. The van der Waals surface area contributed by atoms with Crippen molar-refractivity contribution < 1.29 is 9.53 Å². The predicted octanol–water partition coefficient (Wildman–Crippen LogP) is 1.60. The number of morpholine rings is 1. The summed E-state index contributed by atoms with van der Waals surface area (Å²) < 4.78 is 5.54. The van der Waals surface area contributed by atoms with Gasteiger partial charge < -0.3 is 15.4 Å². The predicted molar refractivity (Wildman–Crippen MR) is 82.3 cm³/mol. The first kappa shape index (κ1) is 14.5. The van der Waals surface area contributed by atoms with Gasteiger partial charge in [0, 0.05) is 19.0 Å². The molecule has 1 aliphatic carbocycles. The van der Waals surface area contributed by atoms with Gasteiger partial charge >= 0.3 is 0 Å². The van der Waals surface area contributed by atoms with E-state index in [9.17, 15) is 4.79 Å². The second-order valence-corrected chi connectivity index (χ2v) is 6.04. The molecule has 0 aromatic heterocycles. The van der Waals surface area contributed by atoms with Crippen LogP contribution in [0.25, 0.3) is 0 Å². The van der Waals surface area contributed by atoms with E-state index >= 15 is 0 Å². The van der Waals surface area contributed by atoms with Crippen molar-refractivity contribution in [1.29, 1.82) is 0 Å². The number of nitrogens with one attached hydrogen (secondary N) is 2. The third-order valence-corrected chi connectivity index (χ3v) is 4.62. The summed E-state index contributed by atoms with van der Waals surface area (Å²) in [6.07, 6.45) is 3.47. The first-order chi connectivity index (χ1) is 10.3. The zero-order valence-corrected chi connectivity index (χ0v) is 12.6. The molecule has 21 heavy (non-hydrogen) atoms. The molecule has 2 N–H and O–H groups in total. The van der Waals surface area contributed by atoms with E-state index in [4.69, 9.17) is 4.74 Å². The Morgan fingerprint density at radius 2 is 2.29 bits per heavy atom. The summed E-state index contributed by atoms with van der Waals surface area (Å²) in [7, 11) is 0. The summed E-state index contributed by atoms with van der Waals surface area (Å²) in [6.45, 7) is 4.10. The van der Waals surface area contributed by atoms with E-state index in [1.54, 1.807) is 0 Å². The van der Waals surface area contributed by atoms with E-state index in [1.807, 2.05) is 6.92 Å². The maximum Gasteiger partial charge on any atom is 0.239 e. The maximum atomic E-state index is 12.3. The van der Waals surface area contributed by atoms with Gasteiger partial charge in [-0.25, -0.2) is 0 Å². The Balaban J connectivity index is 1.59. The SMILES string of the molecule is C[C@H]1OCCN[C@@H]1C(=O)NCC1CCCc2ccccc21. The standard InChI is InChI=1S/C17H24N2O2/c1-12-16(18-9-10-21-12)17(20)19-11-14-7-4-6-13-5-2-3-8-15(13)14/h2-3,5,8,12,14,16,18H,4,6-7,9-11H2,1H3,(H,19,20)/t12-,14?,16+/m1/s1. The first-order valence-electron chi connectivity index (χ1n) is 7.96. The van der Waals surface area contributed by atoms with E-state index in [2.05, 4.69) is 34.9 Å². The van der Waals surface area contributed by atoms with Crippen LogP contribution >= 0.6 is 0 Å². The number of carbonyl (C=O) groups excluding carboxylic acids is 1. The number of hydrogen-bond donors (Lipinski definition) is 2. The number of benzene rings is 1. The van der Waals surface area contributed by atoms with Crippen molar-refractivity contribution in [2.24, 2.45) is 0 Å². The largest absolute Gasteiger partial charge is 0.375 e. The zero-order chi connectivity index (χ0) is 14.7. The van der Waals surface area contributed by atoms with Crippen LogP contribution in [0, 0.1) is 0 Å². The first-order valence-corrected chi connectivity index (χ1v) is 7.96. The summed E-state index contributed by atoms with van der Waals surface area (Å²) in [5, 5.41) is 6.35. The Kier molecular flexibility index (Phi) is 4.56. The van der Waals surface area contributed by atoms with Crippen LogP contribution in [0.3, 0.4) is 0 Å². The molecule has 0 bridgehead atoms. The van der Waals surface area contributed by atoms with E-state index < -0.39 is 0 Å². The Morgan fingerprint density at radius 3 is 3.14 bits per heavy atom. The lowest BCUT2D eigenvalue weighted by Gasteiger charge is -2.31. The lowest BCUT2D eigenvalue weighted by atomic mass is 9.83. The fraction of sp³-hybridized carbons (Fsp3) is 0.588. The number of carbonyl (C=O) groups is 1. The molecular weight excluding hydrogens is 264 g/mol. The van der Waals surface area contributed by atoms with Crippen molar-refractivity contribution in [1.82, 2.24) is 10.6 Å². The Bertz CT molecular complexity index is 503. The van der Waals surface area contributed by atoms with Gasteiger partial charge in [0.05, 0.1) is 12.7 Å². The van der Waals surface area contributed by atoms with Crippen molar-refractivity contribution in [3.05, 3.63) is 35.4 Å². The summed E-state index contributed by atoms with van der Waals surface area (Å²) in [5.41, 5.74) is 2.85. The molecule has 4 heteroatoms. The molecule has 3 rings (SSSR count). The van der Waals surface area contributed by atoms with Gasteiger partial charge in [-0.15, -0.1) is 0 Å². The highest BCUT2D eigenvalue weighted by molar-refractivity contribution is 5.82. The molecule has 114 valence electrons. The average Bonchev–Trinajstić information content (AvgIpc) is 2.53. The van der Waals surface area contributed by atoms with E-state index in [1.165, 1.54) is 17.5 Å². The van der Waals surface area contributed by atoms with E-state index in [0.717, 1.165) is 25.9 Å². The highest BCUT2D eigenvalue weighted by Gasteiger charge is 2.29. The van der Waals surface area contributed by atoms with Crippen molar-refractivity contribution in [2.75, 3.05) is 19.7 Å². The lowest BCUT2D eigenvalue weighted by molar-refractivity contribution is -0.129. The monoisotopic (exact) mass is 288 g/mol. The molecule has 1 saturated heterocycles. The second kappa shape index (κ2) is 6.58. The number of hydrogen-bond acceptors (Lipinski definition) is 3. The van der Waals surface area contributed by atoms with Crippen LogP contribution in [0.4, 0.5) is 0 Å². The molecule has 1 unspecified atom stereocenters. The van der Waals surface area contributed by atoms with Gasteiger partial charge in [0.25, 0.3) is 0 Å². The molecule has 1 aromatic rings. The van der Waals surface area contributed by atoms with Gasteiger partial charge in [-0.3, -0.25) is 4.79 Å². The van der Waals surface area contributed by atoms with Gasteiger partial charge in [-0.05, 0) is 37.3 Å². The normalized spacial score (nSPS) is 28.7. The number of amides is 1. The minimum atomic E-state index is -0.224. The number of ether oxygens (including phenoxy) is 1. The van der Waals surface area contributed by atoms with Gasteiger partial charge in [-0.1, -0.05) is 24.3 Å². The molecule has 1 fully saturated rings. The van der Waals surface area contributed by atoms with Gasteiger partial charge in [-0.2, -0.15) is 0 Å². The zero-order valence-electron chi connectivity index (χ0n) is 12.6. The fourth-order valence-electron chi connectivity index (χ4n) is 3.43. The van der Waals surface area contributed by atoms with Crippen LogP contribution in [0.1, 0.15) is 36.8 Å². The number of rotatable bonds is 3. The molecule has 1 heterocycles.